The molecule has 0 bridgehead atoms. The molecule has 1 N–H and O–H groups in total. The summed E-state index contributed by atoms with van der Waals surface area (Å²) in [4.78, 5) is 24.0. The van der Waals surface area contributed by atoms with E-state index in [0.29, 0.717) is 18.2 Å². The van der Waals surface area contributed by atoms with Crippen molar-refractivity contribution >= 4 is 11.9 Å². The zero-order chi connectivity index (χ0) is 17.5. The Morgan fingerprint density at radius 3 is 2.62 bits per heavy atom. The minimum Gasteiger partial charge on any atom is -0.497 e. The number of carbonyl (C=O) groups is 2. The van der Waals surface area contributed by atoms with Crippen LogP contribution in [0, 0.1) is 11.7 Å². The minimum absolute atomic E-state index is 0.220. The average Bonchev–Trinajstić information content (AvgIpc) is 2.60. The summed E-state index contributed by atoms with van der Waals surface area (Å²) in [5.74, 6) is -1.17. The number of halogens is 1. The van der Waals surface area contributed by atoms with Gasteiger partial charge in [0.15, 0.2) is 6.10 Å². The second-order valence-corrected chi connectivity index (χ2v) is 6.14. The molecule has 0 spiro atoms. The molecule has 5 nitrogen and oxygen atoms in total. The van der Waals surface area contributed by atoms with Gasteiger partial charge in [0.2, 0.25) is 0 Å². The standard InChI is InChI=1S/C18H24FNO4/c1-12(17(21)20-11-13-6-4-3-5-7-13)24-18(22)15-9-8-14(23-2)10-16(15)19/h8-10,12-13H,3-7,11H2,1-2H3,(H,20,21)/t12-/m1/s1. The molecule has 0 heterocycles. The Kier molecular flexibility index (Phi) is 6.58. The van der Waals surface area contributed by atoms with Crippen LogP contribution in [0.15, 0.2) is 18.2 Å². The fourth-order valence-corrected chi connectivity index (χ4v) is 2.85. The lowest BCUT2D eigenvalue weighted by Gasteiger charge is -2.22. The fourth-order valence-electron chi connectivity index (χ4n) is 2.85. The third-order valence-corrected chi connectivity index (χ3v) is 4.34. The Labute approximate surface area is 141 Å². The Morgan fingerprint density at radius 1 is 1.29 bits per heavy atom. The first-order valence-electron chi connectivity index (χ1n) is 8.33. The van der Waals surface area contributed by atoms with Crippen LogP contribution in [0.3, 0.4) is 0 Å². The predicted molar refractivity (Wildman–Crippen MR) is 87.4 cm³/mol. The van der Waals surface area contributed by atoms with E-state index < -0.39 is 17.9 Å². The quantitative estimate of drug-likeness (QED) is 0.810. The highest BCUT2D eigenvalue weighted by Gasteiger charge is 2.22. The number of esters is 1. The Morgan fingerprint density at radius 2 is 2.00 bits per heavy atom. The number of ether oxygens (including phenoxy) is 2. The van der Waals surface area contributed by atoms with Gasteiger partial charge in [-0.15, -0.1) is 0 Å². The van der Waals surface area contributed by atoms with Gasteiger partial charge in [0, 0.05) is 12.6 Å². The van der Waals surface area contributed by atoms with Crippen molar-refractivity contribution in [1.82, 2.24) is 5.32 Å². The first-order valence-corrected chi connectivity index (χ1v) is 8.33. The monoisotopic (exact) mass is 337 g/mol. The summed E-state index contributed by atoms with van der Waals surface area (Å²) in [6, 6.07) is 3.85. The lowest BCUT2D eigenvalue weighted by Crippen LogP contribution is -2.38. The van der Waals surface area contributed by atoms with Gasteiger partial charge < -0.3 is 14.8 Å². The molecule has 0 aliphatic heterocycles. The molecule has 0 aromatic heterocycles. The average molecular weight is 337 g/mol. The van der Waals surface area contributed by atoms with Crippen molar-refractivity contribution in [2.75, 3.05) is 13.7 Å². The van der Waals surface area contributed by atoms with Crippen molar-refractivity contribution in [1.29, 1.82) is 0 Å². The summed E-state index contributed by atoms with van der Waals surface area (Å²) in [5.41, 5.74) is -0.220. The third-order valence-electron chi connectivity index (χ3n) is 4.34. The van der Waals surface area contributed by atoms with Crippen LogP contribution in [0.1, 0.15) is 49.4 Å². The largest absolute Gasteiger partial charge is 0.497 e. The Hall–Kier alpha value is -2.11. The van der Waals surface area contributed by atoms with Crippen LogP contribution in [-0.4, -0.2) is 31.6 Å². The second kappa shape index (κ2) is 8.66. The maximum Gasteiger partial charge on any atom is 0.341 e. The topological polar surface area (TPSA) is 64.6 Å². The Balaban J connectivity index is 1.84. The van der Waals surface area contributed by atoms with Gasteiger partial charge in [0.25, 0.3) is 5.91 Å². The lowest BCUT2D eigenvalue weighted by atomic mass is 9.89. The summed E-state index contributed by atoms with van der Waals surface area (Å²) in [6.07, 6.45) is 4.91. The fraction of sp³-hybridized carbons (Fsp3) is 0.556. The minimum atomic E-state index is -0.970. The van der Waals surface area contributed by atoms with Crippen LogP contribution in [0.5, 0.6) is 5.75 Å². The van der Waals surface area contributed by atoms with Gasteiger partial charge in [0.05, 0.1) is 12.7 Å². The highest BCUT2D eigenvalue weighted by Crippen LogP contribution is 2.23. The van der Waals surface area contributed by atoms with E-state index in [9.17, 15) is 14.0 Å². The van der Waals surface area contributed by atoms with Crippen LogP contribution < -0.4 is 10.1 Å². The number of carbonyl (C=O) groups excluding carboxylic acids is 2. The molecule has 1 atom stereocenters. The number of methoxy groups -OCH3 is 1. The van der Waals surface area contributed by atoms with Crippen molar-refractivity contribution < 1.29 is 23.5 Å². The van der Waals surface area contributed by atoms with Gasteiger partial charge in [-0.3, -0.25) is 4.79 Å². The van der Waals surface area contributed by atoms with Crippen LogP contribution in [0.4, 0.5) is 4.39 Å². The van der Waals surface area contributed by atoms with Gasteiger partial charge >= 0.3 is 5.97 Å². The molecule has 2 rings (SSSR count). The van der Waals surface area contributed by atoms with Crippen molar-refractivity contribution in [3.63, 3.8) is 0 Å². The van der Waals surface area contributed by atoms with Crippen molar-refractivity contribution in [3.8, 4) is 5.75 Å². The highest BCUT2D eigenvalue weighted by atomic mass is 19.1. The SMILES string of the molecule is COc1ccc(C(=O)O[C@H](C)C(=O)NCC2CCCCC2)c(F)c1. The molecule has 1 saturated carbocycles. The predicted octanol–water partition coefficient (Wildman–Crippen LogP) is 3.08. The van der Waals surface area contributed by atoms with Gasteiger partial charge in [0.1, 0.15) is 11.6 Å². The molecule has 132 valence electrons. The normalized spacial score (nSPS) is 16.3. The summed E-state index contributed by atoms with van der Waals surface area (Å²) >= 11 is 0. The molecule has 0 radical (unpaired) electrons. The smallest absolute Gasteiger partial charge is 0.341 e. The van der Waals surface area contributed by atoms with E-state index in [1.165, 1.54) is 45.4 Å². The van der Waals surface area contributed by atoms with Crippen molar-refractivity contribution in [2.24, 2.45) is 5.92 Å². The molecule has 6 heteroatoms. The van der Waals surface area contributed by atoms with Crippen LogP contribution >= 0.6 is 0 Å². The van der Waals surface area contributed by atoms with E-state index in [1.54, 1.807) is 0 Å². The summed E-state index contributed by atoms with van der Waals surface area (Å²) in [5, 5.41) is 2.81. The molecular weight excluding hydrogens is 313 g/mol. The van der Waals surface area contributed by atoms with Crippen molar-refractivity contribution in [2.45, 2.75) is 45.1 Å². The van der Waals surface area contributed by atoms with Crippen LogP contribution in [0.25, 0.3) is 0 Å². The second-order valence-electron chi connectivity index (χ2n) is 6.14. The Bertz CT molecular complexity index is 584. The van der Waals surface area contributed by atoms with Crippen LogP contribution in [-0.2, 0) is 9.53 Å². The lowest BCUT2D eigenvalue weighted by molar-refractivity contribution is -0.129. The van der Waals surface area contributed by atoms with E-state index in [2.05, 4.69) is 5.32 Å². The van der Waals surface area contributed by atoms with E-state index in [-0.39, 0.29) is 11.5 Å². The number of rotatable bonds is 6. The molecule has 24 heavy (non-hydrogen) atoms. The van der Waals surface area contributed by atoms with Crippen molar-refractivity contribution in [3.05, 3.63) is 29.6 Å². The molecule has 1 aromatic rings. The van der Waals surface area contributed by atoms with E-state index in [1.807, 2.05) is 0 Å². The van der Waals surface area contributed by atoms with Gasteiger partial charge in [-0.05, 0) is 37.8 Å². The first-order chi connectivity index (χ1) is 11.5. The molecule has 1 fully saturated rings. The van der Waals surface area contributed by atoms with E-state index in [4.69, 9.17) is 9.47 Å². The van der Waals surface area contributed by atoms with Gasteiger partial charge in [-0.2, -0.15) is 0 Å². The molecule has 0 unspecified atom stereocenters. The zero-order valence-corrected chi connectivity index (χ0v) is 14.1. The molecule has 1 amide bonds. The third kappa shape index (κ3) is 4.94. The number of nitrogens with one attached hydrogen (secondary N) is 1. The molecular formula is C18H24FNO4. The number of hydrogen-bond donors (Lipinski definition) is 1. The number of hydrogen-bond acceptors (Lipinski definition) is 4. The maximum atomic E-state index is 13.8. The van der Waals surface area contributed by atoms with Crippen LogP contribution in [0.2, 0.25) is 0 Å². The maximum absolute atomic E-state index is 13.8. The summed E-state index contributed by atoms with van der Waals surface area (Å²) < 4.78 is 23.8. The summed E-state index contributed by atoms with van der Waals surface area (Å²) in [6.45, 7) is 2.08. The van der Waals surface area contributed by atoms with E-state index >= 15 is 0 Å². The molecule has 1 aromatic carbocycles. The van der Waals surface area contributed by atoms with Gasteiger partial charge in [-0.25, -0.2) is 9.18 Å². The van der Waals surface area contributed by atoms with Gasteiger partial charge in [-0.1, -0.05) is 19.3 Å². The number of amides is 1. The van der Waals surface area contributed by atoms with E-state index in [0.717, 1.165) is 18.9 Å². The number of benzene rings is 1. The summed E-state index contributed by atoms with van der Waals surface area (Å²) in [7, 11) is 1.41. The first kappa shape index (κ1) is 18.2. The zero-order valence-electron chi connectivity index (χ0n) is 14.1. The molecule has 0 saturated heterocycles. The molecule has 1 aliphatic rings. The highest BCUT2D eigenvalue weighted by molar-refractivity contribution is 5.92. The molecule has 1 aliphatic carbocycles.